The number of carbonyl (C=O) groups excluding carboxylic acids is 1. The van der Waals surface area contributed by atoms with Crippen molar-refractivity contribution in [1.29, 1.82) is 0 Å². The van der Waals surface area contributed by atoms with Crippen molar-refractivity contribution in [2.75, 3.05) is 11.6 Å². The third kappa shape index (κ3) is 3.43. The zero-order chi connectivity index (χ0) is 14.7. The molecule has 0 radical (unpaired) electrons. The van der Waals surface area contributed by atoms with Gasteiger partial charge >= 0.3 is 0 Å². The monoisotopic (exact) mass is 312 g/mol. The lowest BCUT2D eigenvalue weighted by Gasteiger charge is -2.09. The van der Waals surface area contributed by atoms with Crippen LogP contribution in [-0.2, 0) is 22.1 Å². The Bertz CT molecular complexity index is 671. The third-order valence-corrected chi connectivity index (χ3v) is 3.69. The maximum Gasteiger partial charge on any atom is 0.244 e. The van der Waals surface area contributed by atoms with Crippen LogP contribution in [0, 0.1) is 6.92 Å². The molecule has 0 aliphatic heterocycles. The number of nitrogens with one attached hydrogen (secondary N) is 1. The molecule has 0 aliphatic rings. The van der Waals surface area contributed by atoms with E-state index in [9.17, 15) is 9.00 Å². The largest absolute Gasteiger partial charge is 0.323 e. The predicted molar refractivity (Wildman–Crippen MR) is 77.2 cm³/mol. The summed E-state index contributed by atoms with van der Waals surface area (Å²) in [5.74, 6) is -0.290. The number of aryl methyl sites for hydroxylation is 1. The summed E-state index contributed by atoms with van der Waals surface area (Å²) in [4.78, 5) is 11.9. The third-order valence-electron chi connectivity index (χ3n) is 2.55. The quantitative estimate of drug-likeness (QED) is 0.930. The Morgan fingerprint density at radius 2 is 2.25 bits per heavy atom. The molecule has 1 amide bonds. The highest BCUT2D eigenvalue weighted by atomic mass is 35.5. The molecule has 0 saturated heterocycles. The van der Waals surface area contributed by atoms with E-state index in [4.69, 9.17) is 11.6 Å². The van der Waals surface area contributed by atoms with Crippen molar-refractivity contribution in [1.82, 2.24) is 14.8 Å². The molecule has 0 fully saturated rings. The van der Waals surface area contributed by atoms with Gasteiger partial charge in [-0.25, -0.2) is 0 Å². The van der Waals surface area contributed by atoms with Crippen molar-refractivity contribution in [3.05, 3.63) is 35.1 Å². The average Bonchev–Trinajstić information content (AvgIpc) is 2.81. The zero-order valence-corrected chi connectivity index (χ0v) is 12.5. The lowest BCUT2D eigenvalue weighted by atomic mass is 10.2. The molecule has 1 aromatic heterocycles. The molecule has 2 rings (SSSR count). The molecule has 0 saturated carbocycles. The van der Waals surface area contributed by atoms with E-state index in [1.54, 1.807) is 12.1 Å². The SMILES string of the molecule is Cc1ccc(NC(=O)Cn2cnnc2[S@](C)=O)c(Cl)c1. The van der Waals surface area contributed by atoms with Gasteiger partial charge in [-0.3, -0.25) is 13.6 Å². The highest BCUT2D eigenvalue weighted by Crippen LogP contribution is 2.22. The van der Waals surface area contributed by atoms with Crippen molar-refractivity contribution < 1.29 is 9.00 Å². The summed E-state index contributed by atoms with van der Waals surface area (Å²) in [6, 6.07) is 5.36. The summed E-state index contributed by atoms with van der Waals surface area (Å²) in [7, 11) is -1.30. The Kier molecular flexibility index (Phi) is 4.51. The number of carbonyl (C=O) groups is 1. The molecule has 1 N–H and O–H groups in total. The fourth-order valence-corrected chi connectivity index (χ4v) is 2.53. The summed E-state index contributed by atoms with van der Waals surface area (Å²) in [5, 5.41) is 10.8. The van der Waals surface area contributed by atoms with E-state index in [2.05, 4.69) is 15.5 Å². The average molecular weight is 313 g/mol. The van der Waals surface area contributed by atoms with Crippen LogP contribution >= 0.6 is 11.6 Å². The minimum Gasteiger partial charge on any atom is -0.323 e. The zero-order valence-electron chi connectivity index (χ0n) is 11.0. The number of hydrogen-bond acceptors (Lipinski definition) is 4. The first kappa shape index (κ1) is 14.7. The second-order valence-electron chi connectivity index (χ2n) is 4.23. The van der Waals surface area contributed by atoms with Crippen LogP contribution in [0.3, 0.4) is 0 Å². The first-order valence-corrected chi connectivity index (χ1v) is 7.68. The maximum absolute atomic E-state index is 11.9. The van der Waals surface area contributed by atoms with Gasteiger partial charge in [-0.05, 0) is 24.6 Å². The highest BCUT2D eigenvalue weighted by molar-refractivity contribution is 7.84. The molecule has 0 spiro atoms. The first-order valence-electron chi connectivity index (χ1n) is 5.74. The molecule has 1 aromatic carbocycles. The number of hydrogen-bond donors (Lipinski definition) is 1. The minimum absolute atomic E-state index is 0.0217. The summed E-state index contributed by atoms with van der Waals surface area (Å²) < 4.78 is 12.8. The fourth-order valence-electron chi connectivity index (χ4n) is 1.64. The second-order valence-corrected chi connectivity index (χ2v) is 5.91. The normalized spacial score (nSPS) is 12.2. The topological polar surface area (TPSA) is 76.9 Å². The van der Waals surface area contributed by atoms with Crippen molar-refractivity contribution in [3.8, 4) is 0 Å². The van der Waals surface area contributed by atoms with Gasteiger partial charge in [0.15, 0.2) is 0 Å². The number of benzene rings is 1. The van der Waals surface area contributed by atoms with E-state index in [1.807, 2.05) is 13.0 Å². The van der Waals surface area contributed by atoms with Gasteiger partial charge < -0.3 is 5.32 Å². The van der Waals surface area contributed by atoms with E-state index in [-0.39, 0.29) is 17.6 Å². The van der Waals surface area contributed by atoms with Crippen LogP contribution in [0.15, 0.2) is 29.7 Å². The van der Waals surface area contributed by atoms with Crippen molar-refractivity contribution in [2.45, 2.75) is 18.6 Å². The van der Waals surface area contributed by atoms with Gasteiger partial charge in [-0.2, -0.15) is 0 Å². The molecular formula is C12H13ClN4O2S. The maximum atomic E-state index is 11.9. The molecule has 8 heteroatoms. The van der Waals surface area contributed by atoms with Gasteiger partial charge in [-0.15, -0.1) is 10.2 Å². The van der Waals surface area contributed by atoms with Crippen LogP contribution in [0.4, 0.5) is 5.69 Å². The molecule has 6 nitrogen and oxygen atoms in total. The number of nitrogens with zero attached hydrogens (tertiary/aromatic N) is 3. The number of rotatable bonds is 4. The second kappa shape index (κ2) is 6.15. The Morgan fingerprint density at radius 1 is 1.50 bits per heavy atom. The van der Waals surface area contributed by atoms with Gasteiger partial charge in [0, 0.05) is 6.26 Å². The van der Waals surface area contributed by atoms with Crippen LogP contribution < -0.4 is 5.32 Å². The summed E-state index contributed by atoms with van der Waals surface area (Å²) >= 11 is 6.04. The van der Waals surface area contributed by atoms with Crippen LogP contribution in [0.2, 0.25) is 5.02 Å². The Balaban J connectivity index is 2.09. The standard InChI is InChI=1S/C12H13ClN4O2S/c1-8-3-4-10(9(13)5-8)15-11(18)6-17-7-14-16-12(17)20(2)19/h3-5,7H,6H2,1-2H3,(H,15,18)/t20-/m0/s1. The van der Waals surface area contributed by atoms with E-state index >= 15 is 0 Å². The van der Waals surface area contributed by atoms with Crippen molar-refractivity contribution in [3.63, 3.8) is 0 Å². The highest BCUT2D eigenvalue weighted by Gasteiger charge is 2.12. The summed E-state index contributed by atoms with van der Waals surface area (Å²) in [6.45, 7) is 1.89. The summed E-state index contributed by atoms with van der Waals surface area (Å²) in [6.07, 6.45) is 2.85. The predicted octanol–water partition coefficient (Wildman–Crippen LogP) is 1.62. The first-order chi connectivity index (χ1) is 9.47. The number of anilines is 1. The molecule has 0 aliphatic carbocycles. The Hall–Kier alpha value is -1.73. The van der Waals surface area contributed by atoms with Crippen molar-refractivity contribution >= 4 is 34.0 Å². The molecule has 0 bridgehead atoms. The number of amides is 1. The number of aromatic nitrogens is 3. The Labute approximate surface area is 123 Å². The van der Waals surface area contributed by atoms with Gasteiger partial charge in [0.2, 0.25) is 11.1 Å². The minimum atomic E-state index is -1.30. The van der Waals surface area contributed by atoms with Gasteiger partial charge in [0.05, 0.1) is 21.5 Å². The smallest absolute Gasteiger partial charge is 0.244 e. The fraction of sp³-hybridized carbons (Fsp3) is 0.250. The van der Waals surface area contributed by atoms with E-state index in [0.717, 1.165) is 5.56 Å². The van der Waals surface area contributed by atoms with E-state index in [1.165, 1.54) is 17.2 Å². The van der Waals surface area contributed by atoms with Crippen LogP contribution in [0.25, 0.3) is 0 Å². The summed E-state index contributed by atoms with van der Waals surface area (Å²) in [5.41, 5.74) is 1.55. The molecule has 1 atom stereocenters. The van der Waals surface area contributed by atoms with Crippen LogP contribution in [0.5, 0.6) is 0 Å². The molecule has 20 heavy (non-hydrogen) atoms. The van der Waals surface area contributed by atoms with E-state index < -0.39 is 10.8 Å². The van der Waals surface area contributed by atoms with Crippen LogP contribution in [0.1, 0.15) is 5.56 Å². The van der Waals surface area contributed by atoms with E-state index in [0.29, 0.717) is 10.7 Å². The number of halogens is 1. The van der Waals surface area contributed by atoms with Crippen LogP contribution in [-0.4, -0.2) is 31.1 Å². The van der Waals surface area contributed by atoms with Gasteiger partial charge in [0.25, 0.3) is 0 Å². The molecule has 2 aromatic rings. The molecular weight excluding hydrogens is 300 g/mol. The van der Waals surface area contributed by atoms with Crippen molar-refractivity contribution in [2.24, 2.45) is 0 Å². The molecule has 106 valence electrons. The van der Waals surface area contributed by atoms with Gasteiger partial charge in [0.1, 0.15) is 12.9 Å². The lowest BCUT2D eigenvalue weighted by Crippen LogP contribution is -2.20. The molecule has 1 heterocycles. The van der Waals surface area contributed by atoms with Gasteiger partial charge in [-0.1, -0.05) is 17.7 Å². The lowest BCUT2D eigenvalue weighted by molar-refractivity contribution is -0.116. The molecule has 0 unspecified atom stereocenters. The Morgan fingerprint density at radius 3 is 2.90 bits per heavy atom.